The van der Waals surface area contributed by atoms with E-state index in [0.717, 1.165) is 11.3 Å². The molecule has 2 aromatic carbocycles. The van der Waals surface area contributed by atoms with Crippen molar-refractivity contribution < 1.29 is 66.3 Å². The van der Waals surface area contributed by atoms with Crippen LogP contribution in [0.2, 0.25) is 0 Å². The van der Waals surface area contributed by atoms with Gasteiger partial charge in [0.1, 0.15) is 6.10 Å². The summed E-state index contributed by atoms with van der Waals surface area (Å²) in [7, 11) is 2.69. The Morgan fingerprint density at radius 3 is 2.25 bits per heavy atom. The smallest absolute Gasteiger partial charge is 0.306 e. The number of amides is 2. The monoisotopic (exact) mass is 793 g/mol. The second-order valence-electron chi connectivity index (χ2n) is 12.5. The van der Waals surface area contributed by atoms with Gasteiger partial charge in [-0.2, -0.15) is 0 Å². The molecule has 1 atom stereocenters. The fraction of sp³-hybridized carbons (Fsp3) is 0.486. The molecule has 4 rings (SSSR count). The van der Waals surface area contributed by atoms with E-state index in [9.17, 15) is 24.0 Å². The number of methoxy groups -OCH3 is 2. The van der Waals surface area contributed by atoms with Gasteiger partial charge in [-0.1, -0.05) is 0 Å². The Balaban J connectivity index is 1.28. The molecule has 1 aliphatic heterocycles. The van der Waals surface area contributed by atoms with Crippen LogP contribution in [0.5, 0.6) is 23.0 Å². The van der Waals surface area contributed by atoms with Crippen molar-refractivity contribution in [2.45, 2.75) is 64.6 Å². The molecule has 3 aromatic rings. The Hall–Kier alpha value is -5.07. The van der Waals surface area contributed by atoms with E-state index in [1.807, 2.05) is 0 Å². The van der Waals surface area contributed by atoms with Crippen molar-refractivity contribution in [2.24, 2.45) is 5.73 Å². The summed E-state index contributed by atoms with van der Waals surface area (Å²) in [6.45, 7) is 2.61. The summed E-state index contributed by atoms with van der Waals surface area (Å²) >= 11 is 1.04. The third-order valence-corrected chi connectivity index (χ3v) is 9.51. The number of nitrogens with one attached hydrogen (secondary N) is 1. The maximum absolute atomic E-state index is 15.7. The van der Waals surface area contributed by atoms with Crippen LogP contribution in [-0.4, -0.2) is 99.4 Å². The first-order valence-electron chi connectivity index (χ1n) is 17.6. The molecule has 55 heavy (non-hydrogen) atoms. The molecule has 4 N–H and O–H groups in total. The van der Waals surface area contributed by atoms with E-state index in [-0.39, 0.29) is 128 Å². The van der Waals surface area contributed by atoms with Gasteiger partial charge in [0.05, 0.1) is 64.9 Å². The number of aliphatic carboxylic acids is 1. The standard InChI is InChI=1S/C37H45F2N3O12S/c1-21(18-41-30(44)9-13-51-14-10-40)54-33(48)8-5-25(43)29-16-23-28(55-29)17-27(50-3)37(34(23)38)53-12-4-11-52-36-26(49-2)15-22-19-42(20-24(22)35(36)39)31(45)6-7-32(46)47/h15-17,21H,4-14,18-20,40H2,1-3H3,(H,41,44)(H,46,47)/t21-/m0/s1. The van der Waals surface area contributed by atoms with E-state index >= 15 is 8.78 Å². The average molecular weight is 794 g/mol. The molecular formula is C37H45F2N3O12S. The number of benzene rings is 2. The fourth-order valence-corrected chi connectivity index (χ4v) is 6.64. The number of hydrogen-bond donors (Lipinski definition) is 3. The van der Waals surface area contributed by atoms with Gasteiger partial charge in [-0.05, 0) is 24.6 Å². The summed E-state index contributed by atoms with van der Waals surface area (Å²) in [6, 6.07) is 4.50. The number of fused-ring (bicyclic) bond motifs is 2. The van der Waals surface area contributed by atoms with Crippen molar-refractivity contribution in [2.75, 3.05) is 53.7 Å². The summed E-state index contributed by atoms with van der Waals surface area (Å²) in [5, 5.41) is 11.6. The average Bonchev–Trinajstić information content (AvgIpc) is 3.80. The Morgan fingerprint density at radius 1 is 0.891 bits per heavy atom. The van der Waals surface area contributed by atoms with Crippen molar-refractivity contribution in [1.29, 1.82) is 0 Å². The molecule has 1 aromatic heterocycles. The van der Waals surface area contributed by atoms with Gasteiger partial charge < -0.3 is 49.5 Å². The van der Waals surface area contributed by atoms with Crippen LogP contribution in [0, 0.1) is 11.6 Å². The van der Waals surface area contributed by atoms with Gasteiger partial charge >= 0.3 is 11.9 Å². The first-order chi connectivity index (χ1) is 26.4. The quantitative estimate of drug-likeness (QED) is 0.0704. The van der Waals surface area contributed by atoms with E-state index in [1.165, 1.54) is 25.2 Å². The zero-order valence-electron chi connectivity index (χ0n) is 30.8. The molecule has 0 spiro atoms. The van der Waals surface area contributed by atoms with Crippen LogP contribution in [0.1, 0.15) is 66.2 Å². The summed E-state index contributed by atoms with van der Waals surface area (Å²) in [5.41, 5.74) is 6.10. The van der Waals surface area contributed by atoms with Crippen LogP contribution < -0.4 is 30.0 Å². The van der Waals surface area contributed by atoms with Gasteiger partial charge in [-0.25, -0.2) is 8.78 Å². The Bertz CT molecular complexity index is 1870. The van der Waals surface area contributed by atoms with Gasteiger partial charge in [-0.3, -0.25) is 24.0 Å². The molecule has 2 amide bonds. The van der Waals surface area contributed by atoms with Gasteiger partial charge in [0.15, 0.2) is 40.4 Å². The zero-order chi connectivity index (χ0) is 40.1. The van der Waals surface area contributed by atoms with Crippen molar-refractivity contribution >= 4 is 51.0 Å². The number of carboxylic acids is 1. The number of nitrogens with two attached hydrogens (primary N) is 1. The number of halogens is 2. The van der Waals surface area contributed by atoms with Crippen LogP contribution in [0.3, 0.4) is 0 Å². The molecule has 1 aliphatic rings. The predicted molar refractivity (Wildman–Crippen MR) is 195 cm³/mol. The normalized spacial score (nSPS) is 12.6. The Morgan fingerprint density at radius 2 is 1.58 bits per heavy atom. The highest BCUT2D eigenvalue weighted by atomic mass is 32.1. The topological polar surface area (TPSA) is 202 Å². The third kappa shape index (κ3) is 11.7. The first kappa shape index (κ1) is 42.7. The second-order valence-corrected chi connectivity index (χ2v) is 13.6. The number of ketones is 1. The number of Topliss-reactive ketones (excluding diaryl/α,β-unsaturated/α-hetero) is 1. The molecule has 15 nitrogen and oxygen atoms in total. The minimum atomic E-state index is -1.10. The Labute approximate surface area is 319 Å². The molecular weight excluding hydrogens is 748 g/mol. The lowest BCUT2D eigenvalue weighted by Crippen LogP contribution is -2.33. The zero-order valence-corrected chi connectivity index (χ0v) is 31.7. The highest BCUT2D eigenvalue weighted by Gasteiger charge is 2.30. The van der Waals surface area contributed by atoms with E-state index in [1.54, 1.807) is 19.1 Å². The summed E-state index contributed by atoms with van der Waals surface area (Å²) in [6.07, 6.45) is -1.21. The van der Waals surface area contributed by atoms with Crippen LogP contribution in [0.15, 0.2) is 18.2 Å². The van der Waals surface area contributed by atoms with E-state index in [2.05, 4.69) is 5.32 Å². The number of carbonyl (C=O) groups excluding carboxylic acids is 4. The van der Waals surface area contributed by atoms with Crippen LogP contribution in [-0.2, 0) is 41.7 Å². The maximum Gasteiger partial charge on any atom is 0.306 e. The number of carboxylic acid groups (broad SMARTS) is 1. The minimum absolute atomic E-state index is 0.0393. The summed E-state index contributed by atoms with van der Waals surface area (Å²) in [4.78, 5) is 62.1. The Kier molecular flexibility index (Phi) is 16.0. The van der Waals surface area contributed by atoms with Crippen LogP contribution >= 0.6 is 11.3 Å². The lowest BCUT2D eigenvalue weighted by molar-refractivity contribution is -0.148. The molecule has 2 heterocycles. The SMILES string of the molecule is COc1cc2c(c(F)c1OCCCOc1c(OC)cc3sc(C(=O)CCC(=O)O[C@@H](C)CNC(=O)CCOCCN)cc3c1F)CN(C(=O)CCC(=O)O)C2. The largest absolute Gasteiger partial charge is 0.493 e. The van der Waals surface area contributed by atoms with Crippen molar-refractivity contribution in [1.82, 2.24) is 10.2 Å². The lowest BCUT2D eigenvalue weighted by Gasteiger charge is -2.15. The van der Waals surface area contributed by atoms with Crippen LogP contribution in [0.4, 0.5) is 8.78 Å². The number of ether oxygens (including phenoxy) is 6. The van der Waals surface area contributed by atoms with E-state index in [0.29, 0.717) is 23.4 Å². The molecule has 0 unspecified atom stereocenters. The molecule has 0 saturated heterocycles. The van der Waals surface area contributed by atoms with Gasteiger partial charge in [-0.15, -0.1) is 11.3 Å². The summed E-state index contributed by atoms with van der Waals surface area (Å²) < 4.78 is 64.3. The molecule has 300 valence electrons. The number of nitrogens with zero attached hydrogens (tertiary/aromatic N) is 1. The predicted octanol–water partition coefficient (Wildman–Crippen LogP) is 4.13. The number of hydrogen-bond acceptors (Lipinski definition) is 13. The molecule has 0 saturated carbocycles. The van der Waals surface area contributed by atoms with E-state index in [4.69, 9.17) is 39.3 Å². The highest BCUT2D eigenvalue weighted by molar-refractivity contribution is 7.20. The maximum atomic E-state index is 15.7. The first-order valence-corrected chi connectivity index (χ1v) is 18.4. The van der Waals surface area contributed by atoms with Crippen molar-refractivity contribution in [3.63, 3.8) is 0 Å². The molecule has 18 heteroatoms. The van der Waals surface area contributed by atoms with Gasteiger partial charge in [0, 0.05) is 67.0 Å². The molecule has 0 fully saturated rings. The molecule has 0 bridgehead atoms. The summed E-state index contributed by atoms with van der Waals surface area (Å²) in [5.74, 6) is -4.37. The third-order valence-electron chi connectivity index (χ3n) is 8.39. The second kappa shape index (κ2) is 20.6. The van der Waals surface area contributed by atoms with Gasteiger partial charge in [0.25, 0.3) is 0 Å². The number of rotatable bonds is 23. The van der Waals surface area contributed by atoms with E-state index < -0.39 is 35.6 Å². The van der Waals surface area contributed by atoms with Crippen molar-refractivity contribution in [3.8, 4) is 23.0 Å². The van der Waals surface area contributed by atoms with Crippen LogP contribution in [0.25, 0.3) is 10.1 Å². The minimum Gasteiger partial charge on any atom is -0.493 e. The fourth-order valence-electron chi connectivity index (χ4n) is 5.59. The molecule has 0 aliphatic carbocycles. The van der Waals surface area contributed by atoms with Gasteiger partial charge in [0.2, 0.25) is 11.8 Å². The number of esters is 1. The number of carbonyl (C=O) groups is 5. The number of thiophene rings is 1. The molecule has 0 radical (unpaired) electrons. The lowest BCUT2D eigenvalue weighted by atomic mass is 10.1. The highest BCUT2D eigenvalue weighted by Crippen LogP contribution is 2.41. The van der Waals surface area contributed by atoms with Crippen molar-refractivity contribution in [3.05, 3.63) is 45.8 Å².